The first-order valence-corrected chi connectivity index (χ1v) is 8.59. The van der Waals surface area contributed by atoms with E-state index in [4.69, 9.17) is 27.9 Å². The van der Waals surface area contributed by atoms with Gasteiger partial charge in [0.05, 0.1) is 11.6 Å². The van der Waals surface area contributed by atoms with Crippen LogP contribution in [0.1, 0.15) is 28.4 Å². The van der Waals surface area contributed by atoms with Crippen LogP contribution in [0, 0.1) is 0 Å². The normalized spacial score (nSPS) is 12.8. The maximum absolute atomic E-state index is 12.4. The Kier molecular flexibility index (Phi) is 6.96. The smallest absolute Gasteiger partial charge is 0.255 e. The van der Waals surface area contributed by atoms with Gasteiger partial charge in [-0.25, -0.2) is 0 Å². The van der Waals surface area contributed by atoms with E-state index < -0.39 is 0 Å². The molecule has 2 aromatic rings. The number of hydrogen-bond acceptors (Lipinski definition) is 3. The SMILES string of the molecule is CCOc1ccc(C(=O)Nc2cc(Cl)c3c(c2)CNCC3)cc1Cl.Cl. The quantitative estimate of drug-likeness (QED) is 0.780. The highest BCUT2D eigenvalue weighted by Gasteiger charge is 2.15. The van der Waals surface area contributed by atoms with Crippen LogP contribution in [0.5, 0.6) is 5.75 Å². The summed E-state index contributed by atoms with van der Waals surface area (Å²) in [5.74, 6) is 0.332. The van der Waals surface area contributed by atoms with Gasteiger partial charge in [0.2, 0.25) is 0 Å². The van der Waals surface area contributed by atoms with E-state index in [1.807, 2.05) is 13.0 Å². The molecular formula is C18H19Cl3N2O2. The molecule has 3 rings (SSSR count). The lowest BCUT2D eigenvalue weighted by molar-refractivity contribution is 0.102. The topological polar surface area (TPSA) is 50.4 Å². The number of amides is 1. The van der Waals surface area contributed by atoms with Crippen molar-refractivity contribution in [2.45, 2.75) is 19.9 Å². The van der Waals surface area contributed by atoms with E-state index in [1.54, 1.807) is 24.3 Å². The Hall–Kier alpha value is -1.46. The molecule has 0 bridgehead atoms. The van der Waals surface area contributed by atoms with Gasteiger partial charge in [-0.1, -0.05) is 23.2 Å². The molecule has 0 unspecified atom stereocenters. The summed E-state index contributed by atoms with van der Waals surface area (Å²) in [7, 11) is 0. The third-order valence-corrected chi connectivity index (χ3v) is 4.54. The molecular weight excluding hydrogens is 383 g/mol. The minimum Gasteiger partial charge on any atom is -0.492 e. The predicted molar refractivity (Wildman–Crippen MR) is 105 cm³/mol. The van der Waals surface area contributed by atoms with Gasteiger partial charge in [0.15, 0.2) is 0 Å². The van der Waals surface area contributed by atoms with E-state index in [2.05, 4.69) is 10.6 Å². The summed E-state index contributed by atoms with van der Waals surface area (Å²) in [6, 6.07) is 8.74. The second-order valence-electron chi connectivity index (χ2n) is 5.55. The summed E-state index contributed by atoms with van der Waals surface area (Å²) in [5.41, 5.74) is 3.42. The van der Waals surface area contributed by atoms with Crippen molar-refractivity contribution < 1.29 is 9.53 Å². The zero-order valence-corrected chi connectivity index (χ0v) is 16.0. The van der Waals surface area contributed by atoms with Gasteiger partial charge in [-0.2, -0.15) is 0 Å². The van der Waals surface area contributed by atoms with Gasteiger partial charge < -0.3 is 15.4 Å². The minimum atomic E-state index is -0.236. The largest absolute Gasteiger partial charge is 0.492 e. The zero-order valence-electron chi connectivity index (χ0n) is 13.7. The Balaban J connectivity index is 0.00000225. The van der Waals surface area contributed by atoms with Crippen molar-refractivity contribution in [1.82, 2.24) is 5.32 Å². The Labute approximate surface area is 163 Å². The summed E-state index contributed by atoms with van der Waals surface area (Å²) in [5, 5.41) is 7.28. The molecule has 0 saturated carbocycles. The summed E-state index contributed by atoms with van der Waals surface area (Å²) in [4.78, 5) is 12.4. The van der Waals surface area contributed by atoms with E-state index in [0.717, 1.165) is 30.6 Å². The van der Waals surface area contributed by atoms with E-state index in [1.165, 1.54) is 0 Å². The number of halogens is 3. The summed E-state index contributed by atoms with van der Waals surface area (Å²) < 4.78 is 5.38. The molecule has 1 aliphatic heterocycles. The molecule has 2 aromatic carbocycles. The molecule has 0 saturated heterocycles. The van der Waals surface area contributed by atoms with Crippen LogP contribution in [0.4, 0.5) is 5.69 Å². The van der Waals surface area contributed by atoms with Crippen LogP contribution in [0.25, 0.3) is 0 Å². The first-order valence-electron chi connectivity index (χ1n) is 7.84. The van der Waals surface area contributed by atoms with Crippen LogP contribution in [-0.4, -0.2) is 19.1 Å². The van der Waals surface area contributed by atoms with Gasteiger partial charge in [-0.15, -0.1) is 12.4 Å². The van der Waals surface area contributed by atoms with Crippen LogP contribution < -0.4 is 15.4 Å². The van der Waals surface area contributed by atoms with Gasteiger partial charge in [0.1, 0.15) is 5.75 Å². The minimum absolute atomic E-state index is 0. The van der Waals surface area contributed by atoms with Gasteiger partial charge >= 0.3 is 0 Å². The zero-order chi connectivity index (χ0) is 17.1. The molecule has 25 heavy (non-hydrogen) atoms. The highest BCUT2D eigenvalue weighted by molar-refractivity contribution is 6.32. The molecule has 1 amide bonds. The molecule has 2 N–H and O–H groups in total. The van der Waals surface area contributed by atoms with Crippen molar-refractivity contribution in [3.63, 3.8) is 0 Å². The monoisotopic (exact) mass is 400 g/mol. The lowest BCUT2D eigenvalue weighted by atomic mass is 10.00. The fourth-order valence-corrected chi connectivity index (χ4v) is 3.33. The number of fused-ring (bicyclic) bond motifs is 1. The molecule has 0 atom stereocenters. The second-order valence-corrected chi connectivity index (χ2v) is 6.37. The maximum Gasteiger partial charge on any atom is 0.255 e. The van der Waals surface area contributed by atoms with Crippen LogP contribution in [0.2, 0.25) is 10.0 Å². The van der Waals surface area contributed by atoms with Gasteiger partial charge in [-0.3, -0.25) is 4.79 Å². The van der Waals surface area contributed by atoms with Crippen molar-refractivity contribution in [3.8, 4) is 5.75 Å². The average molecular weight is 402 g/mol. The number of rotatable bonds is 4. The highest BCUT2D eigenvalue weighted by Crippen LogP contribution is 2.29. The first kappa shape index (κ1) is 19.9. The van der Waals surface area contributed by atoms with E-state index in [-0.39, 0.29) is 18.3 Å². The molecule has 7 heteroatoms. The maximum atomic E-state index is 12.4. The van der Waals surface area contributed by atoms with Crippen molar-refractivity contribution >= 4 is 47.2 Å². The standard InChI is InChI=1S/C18H18Cl2N2O2.ClH/c1-2-24-17-4-3-11(8-16(17)20)18(23)22-13-7-12-10-21-6-5-14(12)15(19)9-13;/h3-4,7-9,21H,2,5-6,10H2,1H3,(H,22,23);1H. The summed E-state index contributed by atoms with van der Waals surface area (Å²) in [6.07, 6.45) is 0.900. The van der Waals surface area contributed by atoms with E-state index in [0.29, 0.717) is 33.7 Å². The van der Waals surface area contributed by atoms with E-state index >= 15 is 0 Å². The fraction of sp³-hybridized carbons (Fsp3) is 0.278. The second kappa shape index (κ2) is 8.77. The van der Waals surface area contributed by atoms with Crippen LogP contribution in [-0.2, 0) is 13.0 Å². The van der Waals surface area contributed by atoms with E-state index in [9.17, 15) is 4.79 Å². The van der Waals surface area contributed by atoms with Crippen LogP contribution in [0.3, 0.4) is 0 Å². The third kappa shape index (κ3) is 4.59. The molecule has 0 radical (unpaired) electrons. The molecule has 0 aliphatic carbocycles. The molecule has 1 heterocycles. The van der Waals surface area contributed by atoms with Crippen molar-refractivity contribution in [1.29, 1.82) is 0 Å². The highest BCUT2D eigenvalue weighted by atomic mass is 35.5. The summed E-state index contributed by atoms with van der Waals surface area (Å²) in [6.45, 7) is 4.08. The Morgan fingerprint density at radius 3 is 2.76 bits per heavy atom. The van der Waals surface area contributed by atoms with Crippen molar-refractivity contribution in [3.05, 3.63) is 57.1 Å². The molecule has 0 aromatic heterocycles. The first-order chi connectivity index (χ1) is 11.6. The third-order valence-electron chi connectivity index (χ3n) is 3.91. The Morgan fingerprint density at radius 2 is 2.04 bits per heavy atom. The number of carbonyl (C=O) groups is 1. The van der Waals surface area contributed by atoms with Crippen LogP contribution in [0.15, 0.2) is 30.3 Å². The average Bonchev–Trinajstić information content (AvgIpc) is 2.57. The lowest BCUT2D eigenvalue weighted by Crippen LogP contribution is -2.24. The lowest BCUT2D eigenvalue weighted by Gasteiger charge is -2.19. The number of carbonyl (C=O) groups excluding carboxylic acids is 1. The molecule has 1 aliphatic rings. The number of benzene rings is 2. The summed E-state index contributed by atoms with van der Waals surface area (Å²) >= 11 is 12.5. The Bertz CT molecular complexity index is 781. The molecule has 0 spiro atoms. The predicted octanol–water partition coefficient (Wildman–Crippen LogP) is 4.71. The van der Waals surface area contributed by atoms with Crippen molar-refractivity contribution in [2.75, 3.05) is 18.5 Å². The number of hydrogen-bond donors (Lipinski definition) is 2. The number of ether oxygens (including phenoxy) is 1. The van der Waals surface area contributed by atoms with Gasteiger partial charge in [-0.05, 0) is 61.3 Å². The molecule has 134 valence electrons. The molecule has 0 fully saturated rings. The number of anilines is 1. The Morgan fingerprint density at radius 1 is 1.24 bits per heavy atom. The van der Waals surface area contributed by atoms with Gasteiger partial charge in [0.25, 0.3) is 5.91 Å². The van der Waals surface area contributed by atoms with Crippen molar-refractivity contribution in [2.24, 2.45) is 0 Å². The molecule has 4 nitrogen and oxygen atoms in total. The van der Waals surface area contributed by atoms with Gasteiger partial charge in [0, 0.05) is 22.8 Å². The fourth-order valence-electron chi connectivity index (χ4n) is 2.76. The van der Waals surface area contributed by atoms with Crippen LogP contribution >= 0.6 is 35.6 Å². The number of nitrogens with one attached hydrogen (secondary N) is 2.